The van der Waals surface area contributed by atoms with E-state index in [0.717, 1.165) is 0 Å². The molecule has 0 aliphatic heterocycles. The molecule has 0 fully saturated rings. The van der Waals surface area contributed by atoms with Gasteiger partial charge in [-0.25, -0.2) is 0 Å². The van der Waals surface area contributed by atoms with E-state index in [2.05, 4.69) is 0 Å². The summed E-state index contributed by atoms with van der Waals surface area (Å²) >= 11 is 0. The summed E-state index contributed by atoms with van der Waals surface area (Å²) in [4.78, 5) is 0. The molecule has 0 heterocycles. The first-order valence-electron chi connectivity index (χ1n) is 0. The van der Waals surface area contributed by atoms with Gasteiger partial charge in [-0.2, -0.15) is 0 Å². The summed E-state index contributed by atoms with van der Waals surface area (Å²) in [5.74, 6) is 0. The molecule has 0 rings (SSSR count). The van der Waals surface area contributed by atoms with E-state index in [0.29, 0.717) is 0 Å². The largest absolute Gasteiger partial charge is 4.00 e. The van der Waals surface area contributed by atoms with E-state index in [1.165, 1.54) is 0 Å². The van der Waals surface area contributed by atoms with Crippen molar-refractivity contribution >= 4 is 0 Å². The summed E-state index contributed by atoms with van der Waals surface area (Å²) in [6.45, 7) is 0. The van der Waals surface area contributed by atoms with Crippen molar-refractivity contribution in [1.29, 1.82) is 0 Å². The van der Waals surface area contributed by atoms with Crippen LogP contribution >= 0.6 is 0 Å². The molecule has 0 saturated carbocycles. The van der Waals surface area contributed by atoms with Gasteiger partial charge in [0.25, 0.3) is 0 Å². The van der Waals surface area contributed by atoms with Gasteiger partial charge in [-0.3, -0.25) is 0 Å². The minimum absolute atomic E-state index is 0. The van der Waals surface area contributed by atoms with E-state index in [1.54, 1.807) is 0 Å². The predicted molar refractivity (Wildman–Crippen MR) is 1.37 cm³/mol. The van der Waals surface area contributed by atoms with Crippen LogP contribution in [0, 0.1) is 41.7 Å². The molecule has 0 radical (unpaired) electrons. The van der Waals surface area contributed by atoms with E-state index >= 15 is 0 Å². The van der Waals surface area contributed by atoms with Crippen LogP contribution in [0.3, 0.4) is 0 Å². The van der Waals surface area contributed by atoms with Crippen molar-refractivity contribution in [3.05, 3.63) is 0 Å². The summed E-state index contributed by atoms with van der Waals surface area (Å²) in [6.07, 6.45) is 0. The molecular formula is CeO2Ti. The first-order valence-corrected chi connectivity index (χ1v) is 0. The van der Waals surface area contributed by atoms with Gasteiger partial charge in [0.2, 0.25) is 0 Å². The molecule has 4 heteroatoms. The van der Waals surface area contributed by atoms with Crippen LogP contribution in [0.4, 0.5) is 0 Å². The molecule has 0 amide bonds. The minimum atomic E-state index is 0. The zero-order chi connectivity index (χ0) is 0. The Morgan fingerprint density at radius 1 is 0.750 bits per heavy atom. The first kappa shape index (κ1) is 37.3. The molecule has 0 atom stereocenters. The maximum absolute atomic E-state index is 0. The Morgan fingerprint density at radius 3 is 0.750 bits per heavy atom. The summed E-state index contributed by atoms with van der Waals surface area (Å²) < 4.78 is 0. The molecule has 0 spiro atoms. The fraction of sp³-hybridized carbons (Fsp3) is 0. The maximum atomic E-state index is 0. The number of hydrogen-bond acceptors (Lipinski definition) is 0. The van der Waals surface area contributed by atoms with Crippen LogP contribution in [0.15, 0.2) is 0 Å². The van der Waals surface area contributed by atoms with Crippen molar-refractivity contribution in [3.63, 3.8) is 0 Å². The molecule has 0 bridgehead atoms. The third-order valence-electron chi connectivity index (χ3n) is 0. The van der Waals surface area contributed by atoms with Gasteiger partial charge in [-0.15, -0.1) is 0 Å². The molecule has 0 unspecified atom stereocenters. The van der Waals surface area contributed by atoms with Gasteiger partial charge < -0.3 is 11.0 Å². The first-order chi connectivity index (χ1) is 0. The molecule has 0 aliphatic rings. The molecule has 2 nitrogen and oxygen atoms in total. The van der Waals surface area contributed by atoms with Crippen molar-refractivity contribution in [2.75, 3.05) is 0 Å². The van der Waals surface area contributed by atoms with E-state index in [9.17, 15) is 0 Å². The molecule has 0 aliphatic carbocycles. The standard InChI is InChI=1S/Ce.2O.Ti/q;2*-2;+4. The van der Waals surface area contributed by atoms with Crippen LogP contribution in [-0.4, -0.2) is 0 Å². The maximum Gasteiger partial charge on any atom is 4.00 e. The second kappa shape index (κ2) is 19.9. The monoisotopic (exact) mass is 220 g/mol. The molecule has 0 aromatic heterocycles. The Balaban J connectivity index is 0. The molecule has 0 saturated heterocycles. The molecule has 4 heavy (non-hydrogen) atoms. The van der Waals surface area contributed by atoms with Gasteiger partial charge in [0.15, 0.2) is 0 Å². The van der Waals surface area contributed by atoms with Crippen molar-refractivity contribution in [1.82, 2.24) is 0 Å². The Kier molecular flexibility index (Phi) is 186. The summed E-state index contributed by atoms with van der Waals surface area (Å²) in [6, 6.07) is 0. The van der Waals surface area contributed by atoms with Gasteiger partial charge in [0.1, 0.15) is 0 Å². The van der Waals surface area contributed by atoms with Crippen LogP contribution < -0.4 is 0 Å². The molecule has 0 aromatic rings. The van der Waals surface area contributed by atoms with Gasteiger partial charge >= 0.3 is 21.7 Å². The average Bonchev–Trinajstić information content (AvgIpc) is 0. The quantitative estimate of drug-likeness (QED) is 0.506. The van der Waals surface area contributed by atoms with Crippen LogP contribution in [0.25, 0.3) is 0 Å². The zero-order valence-electron chi connectivity index (χ0n) is 1.82. The van der Waals surface area contributed by atoms with Crippen LogP contribution in [0.2, 0.25) is 0 Å². The molecule has 0 N–H and O–H groups in total. The van der Waals surface area contributed by atoms with Crippen molar-refractivity contribution in [3.8, 4) is 0 Å². The molecule has 20 valence electrons. The van der Waals surface area contributed by atoms with Crippen LogP contribution in [0.1, 0.15) is 0 Å². The van der Waals surface area contributed by atoms with Crippen molar-refractivity contribution < 1.29 is 74.4 Å². The Hall–Kier alpha value is 2.01. The van der Waals surface area contributed by atoms with Gasteiger partial charge in [0.05, 0.1) is 0 Å². The fourth-order valence-corrected chi connectivity index (χ4v) is 0. The third kappa shape index (κ3) is 8.99. The minimum Gasteiger partial charge on any atom is -2.00 e. The topological polar surface area (TPSA) is 57.0 Å². The van der Waals surface area contributed by atoms with Crippen LogP contribution in [0.5, 0.6) is 0 Å². The molecular weight excluding hydrogens is 220 g/mol. The number of hydrogen-bond donors (Lipinski definition) is 0. The summed E-state index contributed by atoms with van der Waals surface area (Å²) in [5, 5.41) is 0. The van der Waals surface area contributed by atoms with E-state index < -0.39 is 0 Å². The second-order valence-electron chi connectivity index (χ2n) is 0. The third-order valence-corrected chi connectivity index (χ3v) is 0. The Bertz CT molecular complexity index is 6.00. The van der Waals surface area contributed by atoms with E-state index in [1.807, 2.05) is 0 Å². The zero-order valence-corrected chi connectivity index (χ0v) is 6.52. The Morgan fingerprint density at radius 2 is 0.750 bits per heavy atom. The van der Waals surface area contributed by atoms with Crippen LogP contribution in [-0.2, 0) is 32.7 Å². The molecule has 0 aromatic carbocycles. The predicted octanol–water partition coefficient (Wildman–Crippen LogP) is -0.240. The number of rotatable bonds is 0. The average molecular weight is 220 g/mol. The van der Waals surface area contributed by atoms with Gasteiger partial charge in [-0.1, -0.05) is 0 Å². The normalized spacial score (nSPS) is 0. The smallest absolute Gasteiger partial charge is 2.00 e. The SMILES string of the molecule is [Ce].[O-2].[O-2].[Ti+4]. The fourth-order valence-electron chi connectivity index (χ4n) is 0. The Labute approximate surface area is 73.2 Å². The van der Waals surface area contributed by atoms with Gasteiger partial charge in [-0.05, 0) is 0 Å². The van der Waals surface area contributed by atoms with Crippen molar-refractivity contribution in [2.45, 2.75) is 0 Å². The van der Waals surface area contributed by atoms with Crippen molar-refractivity contribution in [2.24, 2.45) is 0 Å². The van der Waals surface area contributed by atoms with Gasteiger partial charge in [0, 0.05) is 41.7 Å². The summed E-state index contributed by atoms with van der Waals surface area (Å²) in [7, 11) is 0. The second-order valence-corrected chi connectivity index (χ2v) is 0. The van der Waals surface area contributed by atoms with E-state index in [-0.39, 0.29) is 74.4 Å². The summed E-state index contributed by atoms with van der Waals surface area (Å²) in [5.41, 5.74) is 0. The van der Waals surface area contributed by atoms with E-state index in [4.69, 9.17) is 0 Å².